The lowest BCUT2D eigenvalue weighted by Gasteiger charge is -2.13. The smallest absolute Gasteiger partial charge is 0.296 e. The molecule has 1 amide bonds. The molecule has 3 aromatic heterocycles. The zero-order valence-corrected chi connectivity index (χ0v) is 17.6. The number of aromatic nitrogens is 4. The zero-order valence-electron chi connectivity index (χ0n) is 15.3. The highest BCUT2D eigenvalue weighted by molar-refractivity contribution is 9.10. The van der Waals surface area contributed by atoms with Gasteiger partial charge in [-0.3, -0.25) is 9.59 Å². The van der Waals surface area contributed by atoms with Gasteiger partial charge < -0.3 is 9.47 Å². The van der Waals surface area contributed by atoms with E-state index in [-0.39, 0.29) is 17.2 Å². The second-order valence-corrected chi connectivity index (χ2v) is 7.80. The molecule has 1 aromatic carbocycles. The monoisotopic (exact) mass is 459 g/mol. The number of carbonyl (C=O) groups excluding carboxylic acids is 1. The molecular weight excluding hydrogens is 446 g/mol. The Kier molecular flexibility index (Phi) is 4.47. The van der Waals surface area contributed by atoms with E-state index < -0.39 is 0 Å². The molecule has 0 fully saturated rings. The standard InChI is InChI=1S/C19H15BrClN5O2/c1-24(2)18(27)16-15-12-6-4-10(21)8-13(12)25(3)17(15)19(28)26(23-16)11-5-7-14(20)22-9-11/h4-9H,1-3H3. The summed E-state index contributed by atoms with van der Waals surface area (Å²) < 4.78 is 3.59. The summed E-state index contributed by atoms with van der Waals surface area (Å²) in [5.74, 6) is -0.300. The van der Waals surface area contributed by atoms with Crippen LogP contribution in [-0.2, 0) is 7.05 Å². The van der Waals surface area contributed by atoms with Gasteiger partial charge in [-0.05, 0) is 40.2 Å². The van der Waals surface area contributed by atoms with Gasteiger partial charge >= 0.3 is 0 Å². The van der Waals surface area contributed by atoms with Crippen LogP contribution < -0.4 is 5.56 Å². The van der Waals surface area contributed by atoms with Gasteiger partial charge in [0.1, 0.15) is 10.1 Å². The number of amides is 1. The van der Waals surface area contributed by atoms with E-state index in [2.05, 4.69) is 26.0 Å². The normalized spacial score (nSPS) is 11.3. The van der Waals surface area contributed by atoms with Gasteiger partial charge in [0.2, 0.25) is 0 Å². The molecule has 9 heteroatoms. The Labute approximate surface area is 173 Å². The highest BCUT2D eigenvalue weighted by atomic mass is 79.9. The Hall–Kier alpha value is -2.71. The molecule has 0 bridgehead atoms. The van der Waals surface area contributed by atoms with Crippen LogP contribution in [0.5, 0.6) is 0 Å². The first-order valence-electron chi connectivity index (χ1n) is 8.34. The molecule has 0 aliphatic carbocycles. The molecule has 0 unspecified atom stereocenters. The lowest BCUT2D eigenvalue weighted by molar-refractivity contribution is 0.0822. The average Bonchev–Trinajstić information content (AvgIpc) is 2.95. The Morgan fingerprint density at radius 1 is 1.21 bits per heavy atom. The van der Waals surface area contributed by atoms with Crippen LogP contribution in [0, 0.1) is 0 Å². The van der Waals surface area contributed by atoms with Gasteiger partial charge in [-0.2, -0.15) is 9.78 Å². The first kappa shape index (κ1) is 18.6. The number of halogens is 2. The van der Waals surface area contributed by atoms with E-state index in [1.807, 2.05) is 0 Å². The van der Waals surface area contributed by atoms with Crippen molar-refractivity contribution in [1.82, 2.24) is 24.2 Å². The van der Waals surface area contributed by atoms with Crippen LogP contribution in [0.3, 0.4) is 0 Å². The van der Waals surface area contributed by atoms with Gasteiger partial charge in [0, 0.05) is 36.9 Å². The van der Waals surface area contributed by atoms with Gasteiger partial charge in [0.15, 0.2) is 5.69 Å². The third-order valence-corrected chi connectivity index (χ3v) is 5.26. The molecule has 3 heterocycles. The summed E-state index contributed by atoms with van der Waals surface area (Å²) in [5.41, 5.74) is 1.44. The fourth-order valence-electron chi connectivity index (χ4n) is 3.23. The molecule has 0 aliphatic rings. The summed E-state index contributed by atoms with van der Waals surface area (Å²) in [7, 11) is 5.07. The van der Waals surface area contributed by atoms with E-state index in [4.69, 9.17) is 11.6 Å². The maximum atomic E-state index is 13.3. The van der Waals surface area contributed by atoms with Crippen molar-refractivity contribution < 1.29 is 4.79 Å². The molecule has 0 N–H and O–H groups in total. The fraction of sp³-hybridized carbons (Fsp3) is 0.158. The van der Waals surface area contributed by atoms with E-state index in [1.165, 1.54) is 15.8 Å². The topological polar surface area (TPSA) is 73.0 Å². The van der Waals surface area contributed by atoms with Gasteiger partial charge in [-0.1, -0.05) is 17.7 Å². The maximum Gasteiger partial charge on any atom is 0.296 e. The van der Waals surface area contributed by atoms with E-state index in [0.29, 0.717) is 26.2 Å². The first-order valence-corrected chi connectivity index (χ1v) is 9.51. The third-order valence-electron chi connectivity index (χ3n) is 4.56. The molecule has 0 radical (unpaired) electrons. The molecule has 0 atom stereocenters. The molecule has 4 aromatic rings. The van der Waals surface area contributed by atoms with Gasteiger partial charge in [0.05, 0.1) is 17.4 Å². The lowest BCUT2D eigenvalue weighted by atomic mass is 10.1. The predicted octanol–water partition coefficient (Wildman–Crippen LogP) is 3.39. The van der Waals surface area contributed by atoms with Crippen molar-refractivity contribution in [2.24, 2.45) is 7.05 Å². The van der Waals surface area contributed by atoms with Crippen molar-refractivity contribution in [3.05, 3.63) is 62.2 Å². The lowest BCUT2D eigenvalue weighted by Crippen LogP contribution is -2.30. The summed E-state index contributed by atoms with van der Waals surface area (Å²) in [6.45, 7) is 0. The van der Waals surface area contributed by atoms with Gasteiger partial charge in [-0.15, -0.1) is 0 Å². The number of nitrogens with zero attached hydrogens (tertiary/aromatic N) is 5. The van der Waals surface area contributed by atoms with Gasteiger partial charge in [0.25, 0.3) is 11.5 Å². The van der Waals surface area contributed by atoms with Crippen molar-refractivity contribution in [1.29, 1.82) is 0 Å². The number of hydrogen-bond donors (Lipinski definition) is 0. The number of fused-ring (bicyclic) bond motifs is 3. The van der Waals surface area contributed by atoms with E-state index >= 15 is 0 Å². The van der Waals surface area contributed by atoms with E-state index in [9.17, 15) is 9.59 Å². The van der Waals surface area contributed by atoms with Crippen LogP contribution >= 0.6 is 27.5 Å². The highest BCUT2D eigenvalue weighted by Crippen LogP contribution is 2.30. The number of carbonyl (C=O) groups is 1. The summed E-state index contributed by atoms with van der Waals surface area (Å²) in [4.78, 5) is 31.8. The van der Waals surface area contributed by atoms with Crippen molar-refractivity contribution in [2.45, 2.75) is 0 Å². The molecule has 7 nitrogen and oxygen atoms in total. The average molecular weight is 461 g/mol. The molecule has 4 rings (SSSR count). The minimum Gasteiger partial charge on any atom is -0.343 e. The predicted molar refractivity (Wildman–Crippen MR) is 112 cm³/mol. The number of rotatable bonds is 2. The summed E-state index contributed by atoms with van der Waals surface area (Å²) in [5, 5.41) is 6.23. The Bertz CT molecular complexity index is 1310. The molecule has 0 saturated carbocycles. The van der Waals surface area contributed by atoms with Gasteiger partial charge in [-0.25, -0.2) is 4.98 Å². The minimum absolute atomic E-state index is 0.190. The maximum absolute atomic E-state index is 13.3. The Morgan fingerprint density at radius 3 is 2.61 bits per heavy atom. The second-order valence-electron chi connectivity index (χ2n) is 6.55. The Morgan fingerprint density at radius 2 is 1.96 bits per heavy atom. The molecular formula is C19H15BrClN5O2. The zero-order chi connectivity index (χ0) is 20.2. The van der Waals surface area contributed by atoms with Crippen LogP contribution in [0.1, 0.15) is 10.5 Å². The first-order chi connectivity index (χ1) is 13.3. The fourth-order valence-corrected chi connectivity index (χ4v) is 3.63. The number of hydrogen-bond acceptors (Lipinski definition) is 4. The molecule has 0 saturated heterocycles. The second kappa shape index (κ2) is 6.72. The van der Waals surface area contributed by atoms with E-state index in [1.54, 1.807) is 56.0 Å². The van der Waals surface area contributed by atoms with E-state index in [0.717, 1.165) is 10.9 Å². The largest absolute Gasteiger partial charge is 0.343 e. The molecule has 0 aliphatic heterocycles. The van der Waals surface area contributed by atoms with Crippen molar-refractivity contribution in [3.8, 4) is 5.69 Å². The Balaban J connectivity index is 2.20. The van der Waals surface area contributed by atoms with Crippen molar-refractivity contribution >= 4 is 55.2 Å². The molecule has 142 valence electrons. The molecule has 0 spiro atoms. The third kappa shape index (κ3) is 2.80. The van der Waals surface area contributed by atoms with Crippen LogP contribution in [0.4, 0.5) is 0 Å². The summed E-state index contributed by atoms with van der Waals surface area (Å²) in [6.07, 6.45) is 1.52. The summed E-state index contributed by atoms with van der Waals surface area (Å²) in [6, 6.07) is 8.73. The van der Waals surface area contributed by atoms with Crippen LogP contribution in [-0.4, -0.2) is 44.2 Å². The number of aryl methyl sites for hydroxylation is 1. The van der Waals surface area contributed by atoms with Crippen molar-refractivity contribution in [3.63, 3.8) is 0 Å². The number of pyridine rings is 1. The van der Waals surface area contributed by atoms with Crippen LogP contribution in [0.25, 0.3) is 27.5 Å². The highest BCUT2D eigenvalue weighted by Gasteiger charge is 2.24. The van der Waals surface area contributed by atoms with Crippen LogP contribution in [0.15, 0.2) is 45.9 Å². The quantitative estimate of drug-likeness (QED) is 0.430. The number of benzene rings is 1. The summed E-state index contributed by atoms with van der Waals surface area (Å²) >= 11 is 9.43. The SMILES string of the molecule is CN(C)C(=O)c1nn(-c2ccc(Br)nc2)c(=O)c2c1c1ccc(Cl)cc1n2C. The van der Waals surface area contributed by atoms with Crippen LogP contribution in [0.2, 0.25) is 5.02 Å². The molecule has 28 heavy (non-hydrogen) atoms. The van der Waals surface area contributed by atoms with Crippen molar-refractivity contribution in [2.75, 3.05) is 14.1 Å². The minimum atomic E-state index is -0.343.